The lowest BCUT2D eigenvalue weighted by atomic mass is 10.4. The standard InChI is InChI=1S/C5H7FN2/c1-2-5(8)4(6)3-7/h2-3,7H,1,8H2/b5-4+,7-3?. The molecule has 0 aliphatic rings. The Morgan fingerprint density at radius 2 is 2.25 bits per heavy atom. The van der Waals surface area contributed by atoms with Crippen LogP contribution in [0.15, 0.2) is 24.2 Å². The van der Waals surface area contributed by atoms with Gasteiger partial charge < -0.3 is 11.1 Å². The van der Waals surface area contributed by atoms with Crippen molar-refractivity contribution < 1.29 is 4.39 Å². The lowest BCUT2D eigenvalue weighted by Gasteiger charge is -1.87. The molecule has 0 aromatic heterocycles. The fraction of sp³-hybridized carbons (Fsp3) is 0. The van der Waals surface area contributed by atoms with Crippen LogP contribution in [0.2, 0.25) is 0 Å². The van der Waals surface area contributed by atoms with Gasteiger partial charge in [0.2, 0.25) is 0 Å². The van der Waals surface area contributed by atoms with Gasteiger partial charge in [-0.05, 0) is 6.08 Å². The molecule has 0 aliphatic carbocycles. The molecule has 0 unspecified atom stereocenters. The summed E-state index contributed by atoms with van der Waals surface area (Å²) in [5.41, 5.74) is 4.87. The molecule has 0 rings (SSSR count). The van der Waals surface area contributed by atoms with Gasteiger partial charge in [-0.2, -0.15) is 0 Å². The van der Waals surface area contributed by atoms with Crippen LogP contribution in [0.5, 0.6) is 0 Å². The maximum absolute atomic E-state index is 12.0. The van der Waals surface area contributed by atoms with E-state index < -0.39 is 5.83 Å². The first kappa shape index (κ1) is 6.88. The number of hydrogen-bond donors (Lipinski definition) is 2. The summed E-state index contributed by atoms with van der Waals surface area (Å²) in [6.07, 6.45) is 1.69. The van der Waals surface area contributed by atoms with E-state index in [0.29, 0.717) is 6.21 Å². The molecule has 0 spiro atoms. The molecule has 8 heavy (non-hydrogen) atoms. The summed E-state index contributed by atoms with van der Waals surface area (Å²) >= 11 is 0. The summed E-state index contributed by atoms with van der Waals surface area (Å²) in [5, 5.41) is 6.36. The van der Waals surface area contributed by atoms with Gasteiger partial charge in [0, 0.05) is 0 Å². The molecule has 0 aromatic carbocycles. The van der Waals surface area contributed by atoms with E-state index in [1.807, 2.05) is 0 Å². The van der Waals surface area contributed by atoms with Gasteiger partial charge in [-0.3, -0.25) is 0 Å². The van der Waals surface area contributed by atoms with Gasteiger partial charge in [0.15, 0.2) is 5.83 Å². The first-order valence-electron chi connectivity index (χ1n) is 2.00. The van der Waals surface area contributed by atoms with Crippen molar-refractivity contribution in [2.24, 2.45) is 5.73 Å². The molecule has 0 fully saturated rings. The summed E-state index contributed by atoms with van der Waals surface area (Å²) in [6, 6.07) is 0. The normalized spacial score (nSPS) is 12.1. The highest BCUT2D eigenvalue weighted by Gasteiger charge is 1.90. The van der Waals surface area contributed by atoms with Crippen LogP contribution < -0.4 is 5.73 Å². The van der Waals surface area contributed by atoms with Crippen molar-refractivity contribution in [1.29, 1.82) is 5.41 Å². The number of allylic oxidation sites excluding steroid dienone is 2. The van der Waals surface area contributed by atoms with Gasteiger partial charge in [0.25, 0.3) is 0 Å². The number of nitrogens with one attached hydrogen (secondary N) is 1. The van der Waals surface area contributed by atoms with Gasteiger partial charge in [-0.15, -0.1) is 0 Å². The highest BCUT2D eigenvalue weighted by molar-refractivity contribution is 5.74. The first-order valence-corrected chi connectivity index (χ1v) is 2.00. The fourth-order valence-electron chi connectivity index (χ4n) is 0.181. The Morgan fingerprint density at radius 3 is 2.38 bits per heavy atom. The van der Waals surface area contributed by atoms with Crippen LogP contribution in [0.1, 0.15) is 0 Å². The van der Waals surface area contributed by atoms with Crippen molar-refractivity contribution in [2.75, 3.05) is 0 Å². The molecule has 0 saturated carbocycles. The second kappa shape index (κ2) is 2.96. The summed E-state index contributed by atoms with van der Waals surface area (Å²) in [5.74, 6) is -0.750. The van der Waals surface area contributed by atoms with Gasteiger partial charge in [-0.1, -0.05) is 6.58 Å². The molecule has 0 atom stereocenters. The molecular weight excluding hydrogens is 107 g/mol. The minimum Gasteiger partial charge on any atom is -0.396 e. The van der Waals surface area contributed by atoms with Crippen LogP contribution in [0.25, 0.3) is 0 Å². The maximum Gasteiger partial charge on any atom is 0.163 e. The Kier molecular flexibility index (Phi) is 2.54. The Morgan fingerprint density at radius 1 is 1.75 bits per heavy atom. The zero-order valence-electron chi connectivity index (χ0n) is 4.32. The monoisotopic (exact) mass is 114 g/mol. The van der Waals surface area contributed by atoms with E-state index in [-0.39, 0.29) is 5.70 Å². The average Bonchev–Trinajstić information content (AvgIpc) is 1.84. The minimum atomic E-state index is -0.750. The largest absolute Gasteiger partial charge is 0.396 e. The lowest BCUT2D eigenvalue weighted by Crippen LogP contribution is -1.95. The van der Waals surface area contributed by atoms with E-state index in [1.54, 1.807) is 0 Å². The Bertz CT molecular complexity index is 121. The predicted octanol–water partition coefficient (Wildman–Crippen LogP) is 0.962. The molecule has 2 nitrogen and oxygen atoms in total. The maximum atomic E-state index is 12.0. The minimum absolute atomic E-state index is 0.0972. The lowest BCUT2D eigenvalue weighted by molar-refractivity contribution is 0.675. The molecule has 44 valence electrons. The molecular formula is C5H7FN2. The zero-order chi connectivity index (χ0) is 6.57. The van der Waals surface area contributed by atoms with Crippen LogP contribution in [0.3, 0.4) is 0 Å². The highest BCUT2D eigenvalue weighted by Crippen LogP contribution is 1.95. The highest BCUT2D eigenvalue weighted by atomic mass is 19.1. The molecule has 3 N–H and O–H groups in total. The van der Waals surface area contributed by atoms with E-state index in [1.165, 1.54) is 0 Å². The van der Waals surface area contributed by atoms with E-state index in [9.17, 15) is 4.39 Å². The molecule has 0 aromatic rings. The fourth-order valence-corrected chi connectivity index (χ4v) is 0.181. The van der Waals surface area contributed by atoms with Crippen LogP contribution in [-0.2, 0) is 0 Å². The van der Waals surface area contributed by atoms with Gasteiger partial charge >= 0.3 is 0 Å². The third-order valence-corrected chi connectivity index (χ3v) is 0.622. The number of nitrogens with two attached hydrogens (primary N) is 1. The van der Waals surface area contributed by atoms with E-state index >= 15 is 0 Å². The third kappa shape index (κ3) is 1.55. The Labute approximate surface area is 47.0 Å². The van der Waals surface area contributed by atoms with E-state index in [2.05, 4.69) is 6.58 Å². The Hall–Kier alpha value is -1.12. The quantitative estimate of drug-likeness (QED) is 0.407. The van der Waals surface area contributed by atoms with Crippen molar-refractivity contribution in [3.63, 3.8) is 0 Å². The number of halogens is 1. The van der Waals surface area contributed by atoms with Crippen molar-refractivity contribution >= 4 is 6.21 Å². The molecule has 0 radical (unpaired) electrons. The molecule has 3 heteroatoms. The van der Waals surface area contributed by atoms with Crippen LogP contribution >= 0.6 is 0 Å². The predicted molar refractivity (Wildman–Crippen MR) is 31.3 cm³/mol. The molecule has 0 aliphatic heterocycles. The SMILES string of the molecule is C=C/C(N)=C(\F)C=N. The summed E-state index contributed by atoms with van der Waals surface area (Å²) in [4.78, 5) is 0. The number of rotatable bonds is 2. The van der Waals surface area contributed by atoms with Crippen LogP contribution in [0.4, 0.5) is 4.39 Å². The van der Waals surface area contributed by atoms with Crippen LogP contribution in [-0.4, -0.2) is 6.21 Å². The second-order valence-corrected chi connectivity index (χ2v) is 1.15. The topological polar surface area (TPSA) is 49.9 Å². The van der Waals surface area contributed by atoms with Crippen LogP contribution in [0, 0.1) is 5.41 Å². The summed E-state index contributed by atoms with van der Waals surface area (Å²) in [7, 11) is 0. The third-order valence-electron chi connectivity index (χ3n) is 0.622. The van der Waals surface area contributed by atoms with Crippen molar-refractivity contribution in [1.82, 2.24) is 0 Å². The molecule has 0 amide bonds. The second-order valence-electron chi connectivity index (χ2n) is 1.15. The molecule has 0 saturated heterocycles. The molecule has 0 bridgehead atoms. The van der Waals surface area contributed by atoms with Crippen molar-refractivity contribution in [2.45, 2.75) is 0 Å². The van der Waals surface area contributed by atoms with Crippen molar-refractivity contribution in [3.8, 4) is 0 Å². The molecule has 0 heterocycles. The van der Waals surface area contributed by atoms with Crippen molar-refractivity contribution in [3.05, 3.63) is 24.2 Å². The van der Waals surface area contributed by atoms with Gasteiger partial charge in [0.1, 0.15) is 0 Å². The number of hydrogen-bond acceptors (Lipinski definition) is 2. The van der Waals surface area contributed by atoms with E-state index in [0.717, 1.165) is 6.08 Å². The first-order chi connectivity index (χ1) is 3.72. The van der Waals surface area contributed by atoms with Gasteiger partial charge in [0.05, 0.1) is 11.9 Å². The summed E-state index contributed by atoms with van der Waals surface area (Å²) < 4.78 is 12.0. The van der Waals surface area contributed by atoms with E-state index in [4.69, 9.17) is 11.1 Å². The summed E-state index contributed by atoms with van der Waals surface area (Å²) in [6.45, 7) is 3.20. The zero-order valence-corrected chi connectivity index (χ0v) is 4.32. The Balaban J connectivity index is 4.25. The smallest absolute Gasteiger partial charge is 0.163 e. The average molecular weight is 114 g/mol. The van der Waals surface area contributed by atoms with Gasteiger partial charge in [-0.25, -0.2) is 4.39 Å².